The van der Waals surface area contributed by atoms with Gasteiger partial charge in [-0.05, 0) is 23.8 Å². The maximum absolute atomic E-state index is 9.37. The summed E-state index contributed by atoms with van der Waals surface area (Å²) in [7, 11) is 1.45. The number of thiocarbonyl (C=S) groups is 1. The minimum Gasteiger partial charge on any atom is -0.504 e. The van der Waals surface area contributed by atoms with Gasteiger partial charge in [0.2, 0.25) is 0 Å². The normalized spacial score (nSPS) is 10.6. The van der Waals surface area contributed by atoms with Crippen molar-refractivity contribution in [1.82, 2.24) is 0 Å². The molecule has 0 amide bonds. The summed E-state index contributed by atoms with van der Waals surface area (Å²) in [5.41, 5.74) is 6.25. The molecule has 5 heteroatoms. The molecule has 1 aromatic rings. The lowest BCUT2D eigenvalue weighted by Crippen LogP contribution is -2.09. The molecule has 0 heterocycles. The first-order chi connectivity index (χ1) is 7.58. The van der Waals surface area contributed by atoms with Crippen molar-refractivity contribution in [1.29, 1.82) is 5.26 Å². The highest BCUT2D eigenvalue weighted by Crippen LogP contribution is 2.27. The number of hydrogen-bond acceptors (Lipinski definition) is 4. The number of nitriles is 1. The van der Waals surface area contributed by atoms with Crippen LogP contribution >= 0.6 is 12.2 Å². The number of phenolic OH excluding ortho intramolecular Hbond substituents is 1. The minimum atomic E-state index is 0.0356. The fourth-order valence-electron chi connectivity index (χ4n) is 1.11. The summed E-state index contributed by atoms with van der Waals surface area (Å²) in [5, 5.41) is 18.1. The Morgan fingerprint density at radius 2 is 2.31 bits per heavy atom. The van der Waals surface area contributed by atoms with Crippen molar-refractivity contribution in [2.24, 2.45) is 5.73 Å². The van der Waals surface area contributed by atoms with Crippen LogP contribution in [0.25, 0.3) is 6.08 Å². The van der Waals surface area contributed by atoms with Crippen LogP contribution in [0.1, 0.15) is 5.56 Å². The van der Waals surface area contributed by atoms with E-state index >= 15 is 0 Å². The number of aromatic hydroxyl groups is 1. The molecular weight excluding hydrogens is 224 g/mol. The topological polar surface area (TPSA) is 79.3 Å². The predicted octanol–water partition coefficient (Wildman–Crippen LogP) is 1.59. The molecule has 0 aromatic heterocycles. The average molecular weight is 234 g/mol. The van der Waals surface area contributed by atoms with Gasteiger partial charge >= 0.3 is 0 Å². The number of ether oxygens (including phenoxy) is 1. The van der Waals surface area contributed by atoms with E-state index in [2.05, 4.69) is 0 Å². The lowest BCUT2D eigenvalue weighted by Gasteiger charge is -2.04. The number of phenols is 1. The van der Waals surface area contributed by atoms with Gasteiger partial charge in [0, 0.05) is 0 Å². The third-order valence-corrected chi connectivity index (χ3v) is 2.12. The summed E-state index contributed by atoms with van der Waals surface area (Å²) in [6.07, 6.45) is 1.53. The van der Waals surface area contributed by atoms with E-state index in [4.69, 9.17) is 28.0 Å². The van der Waals surface area contributed by atoms with Crippen LogP contribution in [0.4, 0.5) is 0 Å². The summed E-state index contributed by atoms with van der Waals surface area (Å²) >= 11 is 4.71. The van der Waals surface area contributed by atoms with Crippen LogP contribution in [0.5, 0.6) is 11.5 Å². The number of nitrogens with zero attached hydrogens (tertiary/aromatic N) is 1. The fourth-order valence-corrected chi connectivity index (χ4v) is 1.21. The Hall–Kier alpha value is -2.06. The molecule has 0 aliphatic carbocycles. The van der Waals surface area contributed by atoms with Gasteiger partial charge in [-0.1, -0.05) is 18.3 Å². The molecule has 0 atom stereocenters. The number of benzene rings is 1. The molecule has 0 spiro atoms. The monoisotopic (exact) mass is 234 g/mol. The molecule has 0 saturated heterocycles. The Morgan fingerprint density at radius 3 is 2.81 bits per heavy atom. The van der Waals surface area contributed by atoms with Crippen molar-refractivity contribution in [2.45, 2.75) is 0 Å². The maximum Gasteiger partial charge on any atom is 0.161 e. The van der Waals surface area contributed by atoms with Gasteiger partial charge in [-0.25, -0.2) is 0 Å². The third kappa shape index (κ3) is 2.72. The van der Waals surface area contributed by atoms with Crippen molar-refractivity contribution in [3.05, 3.63) is 29.3 Å². The van der Waals surface area contributed by atoms with Crippen LogP contribution in [-0.4, -0.2) is 17.2 Å². The van der Waals surface area contributed by atoms with Gasteiger partial charge in [0.25, 0.3) is 0 Å². The van der Waals surface area contributed by atoms with Gasteiger partial charge in [0.05, 0.1) is 12.7 Å². The highest BCUT2D eigenvalue weighted by Gasteiger charge is 2.03. The van der Waals surface area contributed by atoms with E-state index in [0.717, 1.165) is 0 Å². The molecule has 16 heavy (non-hydrogen) atoms. The van der Waals surface area contributed by atoms with Crippen molar-refractivity contribution in [2.75, 3.05) is 7.11 Å². The van der Waals surface area contributed by atoms with Gasteiger partial charge in [-0.2, -0.15) is 5.26 Å². The van der Waals surface area contributed by atoms with Gasteiger partial charge in [0.1, 0.15) is 11.1 Å². The molecule has 0 saturated carbocycles. The lowest BCUT2D eigenvalue weighted by atomic mass is 10.1. The van der Waals surface area contributed by atoms with Gasteiger partial charge < -0.3 is 15.6 Å². The van der Waals surface area contributed by atoms with Crippen molar-refractivity contribution >= 4 is 23.3 Å². The molecule has 0 fully saturated rings. The second-order valence-electron chi connectivity index (χ2n) is 2.97. The molecule has 4 nitrogen and oxygen atoms in total. The molecule has 0 aliphatic rings. The highest BCUT2D eigenvalue weighted by molar-refractivity contribution is 7.80. The Bertz CT molecular complexity index is 489. The lowest BCUT2D eigenvalue weighted by molar-refractivity contribution is 0.373. The molecule has 1 aromatic carbocycles. The van der Waals surface area contributed by atoms with Crippen LogP contribution in [0, 0.1) is 11.3 Å². The summed E-state index contributed by atoms with van der Waals surface area (Å²) in [5.74, 6) is 0.363. The molecule has 0 aliphatic heterocycles. The van der Waals surface area contributed by atoms with Crippen LogP contribution in [-0.2, 0) is 0 Å². The Morgan fingerprint density at radius 1 is 1.62 bits per heavy atom. The molecule has 3 N–H and O–H groups in total. The van der Waals surface area contributed by atoms with E-state index in [-0.39, 0.29) is 16.3 Å². The quantitative estimate of drug-likeness (QED) is 0.471. The number of hydrogen-bond donors (Lipinski definition) is 2. The summed E-state index contributed by atoms with van der Waals surface area (Å²) in [6.45, 7) is 0. The Kier molecular flexibility index (Phi) is 3.86. The van der Waals surface area contributed by atoms with Crippen LogP contribution in [0.3, 0.4) is 0 Å². The van der Waals surface area contributed by atoms with Crippen molar-refractivity contribution < 1.29 is 9.84 Å². The highest BCUT2D eigenvalue weighted by atomic mass is 32.1. The van der Waals surface area contributed by atoms with Gasteiger partial charge in [-0.15, -0.1) is 0 Å². The van der Waals surface area contributed by atoms with E-state index in [1.165, 1.54) is 19.3 Å². The summed E-state index contributed by atoms with van der Waals surface area (Å²) in [6, 6.07) is 6.59. The van der Waals surface area contributed by atoms with Crippen molar-refractivity contribution in [3.8, 4) is 17.6 Å². The molecule has 0 unspecified atom stereocenters. The van der Waals surface area contributed by atoms with E-state index in [0.29, 0.717) is 11.3 Å². The van der Waals surface area contributed by atoms with Crippen LogP contribution in [0.15, 0.2) is 23.8 Å². The molecular formula is C11H10N2O2S. The smallest absolute Gasteiger partial charge is 0.161 e. The molecule has 0 radical (unpaired) electrons. The second-order valence-corrected chi connectivity index (χ2v) is 3.41. The van der Waals surface area contributed by atoms with E-state index in [1.807, 2.05) is 6.07 Å². The largest absolute Gasteiger partial charge is 0.504 e. The zero-order valence-corrected chi connectivity index (χ0v) is 9.41. The Balaban J connectivity index is 3.16. The summed E-state index contributed by atoms with van der Waals surface area (Å²) in [4.78, 5) is 0.0366. The van der Waals surface area contributed by atoms with E-state index < -0.39 is 0 Å². The average Bonchev–Trinajstić information content (AvgIpc) is 2.27. The third-order valence-electron chi connectivity index (χ3n) is 1.90. The van der Waals surface area contributed by atoms with Crippen LogP contribution in [0.2, 0.25) is 0 Å². The van der Waals surface area contributed by atoms with Crippen molar-refractivity contribution in [3.63, 3.8) is 0 Å². The predicted molar refractivity (Wildman–Crippen MR) is 65.0 cm³/mol. The molecule has 1 rings (SSSR count). The standard InChI is InChI=1S/C11H10N2O2S/c1-15-10-5-7(2-3-9(10)14)4-8(6-12)11(13)16/h2-5,14H,1H3,(H2,13,16). The minimum absolute atomic E-state index is 0.0356. The molecule has 0 bridgehead atoms. The Labute approximate surface area is 98.6 Å². The number of nitrogens with two attached hydrogens (primary N) is 1. The number of rotatable bonds is 3. The maximum atomic E-state index is 9.37. The first-order valence-electron chi connectivity index (χ1n) is 4.37. The summed E-state index contributed by atoms with van der Waals surface area (Å²) < 4.78 is 4.94. The fraction of sp³-hybridized carbons (Fsp3) is 0.0909. The van der Waals surface area contributed by atoms with Gasteiger partial charge in [0.15, 0.2) is 11.5 Å². The second kappa shape index (κ2) is 5.14. The molecule has 82 valence electrons. The first-order valence-corrected chi connectivity index (χ1v) is 4.78. The number of methoxy groups -OCH3 is 1. The van der Waals surface area contributed by atoms with E-state index in [1.54, 1.807) is 12.1 Å². The van der Waals surface area contributed by atoms with Gasteiger partial charge in [-0.3, -0.25) is 0 Å². The zero-order chi connectivity index (χ0) is 12.1. The SMILES string of the molecule is COc1cc(C=C(C#N)C(N)=S)ccc1O. The first kappa shape index (κ1) is 12.0. The van der Waals surface area contributed by atoms with E-state index in [9.17, 15) is 5.11 Å². The zero-order valence-electron chi connectivity index (χ0n) is 8.60. The van der Waals surface area contributed by atoms with Crippen LogP contribution < -0.4 is 10.5 Å².